The molecule has 0 fully saturated rings. The summed E-state index contributed by atoms with van der Waals surface area (Å²) in [5.74, 6) is -2.81. The molecule has 1 aliphatic heterocycles. The summed E-state index contributed by atoms with van der Waals surface area (Å²) in [7, 11) is 0. The van der Waals surface area contributed by atoms with E-state index in [4.69, 9.17) is 5.11 Å². The number of hydrogen-bond donors (Lipinski definition) is 3. The Hall–Kier alpha value is -4.01. The zero-order chi connectivity index (χ0) is 24.1. The van der Waals surface area contributed by atoms with Crippen LogP contribution in [0.1, 0.15) is 64.2 Å². The van der Waals surface area contributed by atoms with E-state index >= 15 is 0 Å². The number of imide groups is 1. The number of carboxylic acids is 1. The minimum Gasteiger partial charge on any atom is -0.481 e. The van der Waals surface area contributed by atoms with Gasteiger partial charge in [-0.15, -0.1) is 0 Å². The highest BCUT2D eigenvalue weighted by molar-refractivity contribution is 6.22. The zero-order valence-electron chi connectivity index (χ0n) is 18.4. The van der Waals surface area contributed by atoms with Gasteiger partial charge < -0.3 is 15.7 Å². The van der Waals surface area contributed by atoms with Crippen LogP contribution in [0.5, 0.6) is 0 Å². The van der Waals surface area contributed by atoms with E-state index in [-0.39, 0.29) is 35.9 Å². The van der Waals surface area contributed by atoms with Gasteiger partial charge in [0.1, 0.15) is 0 Å². The van der Waals surface area contributed by atoms with Crippen molar-refractivity contribution in [3.05, 3.63) is 59.2 Å². The Kier molecular flexibility index (Phi) is 7.22. The predicted molar refractivity (Wildman–Crippen MR) is 121 cm³/mol. The third-order valence-electron chi connectivity index (χ3n) is 5.55. The van der Waals surface area contributed by atoms with Crippen LogP contribution in [-0.2, 0) is 9.59 Å². The van der Waals surface area contributed by atoms with E-state index in [1.54, 1.807) is 24.3 Å². The van der Waals surface area contributed by atoms with Crippen molar-refractivity contribution in [1.82, 2.24) is 4.90 Å². The van der Waals surface area contributed by atoms with E-state index in [0.717, 1.165) is 17.7 Å². The molecule has 0 spiro atoms. The van der Waals surface area contributed by atoms with Crippen LogP contribution in [0.25, 0.3) is 0 Å². The molecule has 0 atom stereocenters. The maximum Gasteiger partial charge on any atom is 0.305 e. The van der Waals surface area contributed by atoms with Crippen molar-refractivity contribution in [1.29, 1.82) is 0 Å². The van der Waals surface area contributed by atoms with Gasteiger partial charge in [-0.2, -0.15) is 0 Å². The maximum absolute atomic E-state index is 12.6. The number of amides is 4. The van der Waals surface area contributed by atoms with Crippen LogP contribution in [0, 0.1) is 5.92 Å². The Balaban J connectivity index is 1.67. The van der Waals surface area contributed by atoms with Gasteiger partial charge in [0.15, 0.2) is 0 Å². The lowest BCUT2D eigenvalue weighted by atomic mass is 10.0. The van der Waals surface area contributed by atoms with Crippen LogP contribution < -0.4 is 10.6 Å². The second-order valence-corrected chi connectivity index (χ2v) is 7.70. The molecule has 1 heterocycles. The van der Waals surface area contributed by atoms with Crippen molar-refractivity contribution in [2.45, 2.75) is 33.1 Å². The minimum absolute atomic E-state index is 0.0630. The van der Waals surface area contributed by atoms with Crippen LogP contribution in [0.15, 0.2) is 42.5 Å². The molecular formula is C24H25N3O6. The van der Waals surface area contributed by atoms with Crippen molar-refractivity contribution in [3.63, 3.8) is 0 Å². The summed E-state index contributed by atoms with van der Waals surface area (Å²) in [6.07, 6.45) is 1.15. The van der Waals surface area contributed by atoms with Gasteiger partial charge in [0.2, 0.25) is 5.91 Å². The molecule has 0 saturated carbocycles. The molecule has 9 heteroatoms. The van der Waals surface area contributed by atoms with Gasteiger partial charge in [0.05, 0.1) is 17.5 Å². The lowest BCUT2D eigenvalue weighted by molar-refractivity contribution is -0.137. The Morgan fingerprint density at radius 2 is 1.48 bits per heavy atom. The van der Waals surface area contributed by atoms with E-state index in [0.29, 0.717) is 16.9 Å². The van der Waals surface area contributed by atoms with E-state index in [2.05, 4.69) is 10.6 Å². The van der Waals surface area contributed by atoms with Crippen molar-refractivity contribution in [3.8, 4) is 0 Å². The predicted octanol–water partition coefficient (Wildman–Crippen LogP) is 3.38. The third-order valence-corrected chi connectivity index (χ3v) is 5.55. The molecule has 0 unspecified atom stereocenters. The molecule has 9 nitrogen and oxygen atoms in total. The second-order valence-electron chi connectivity index (χ2n) is 7.70. The smallest absolute Gasteiger partial charge is 0.305 e. The third kappa shape index (κ3) is 5.25. The fourth-order valence-corrected chi connectivity index (χ4v) is 3.59. The van der Waals surface area contributed by atoms with Crippen molar-refractivity contribution < 1.29 is 29.1 Å². The molecule has 0 saturated heterocycles. The largest absolute Gasteiger partial charge is 0.481 e. The van der Waals surface area contributed by atoms with Crippen molar-refractivity contribution >= 4 is 41.0 Å². The molecule has 0 aliphatic carbocycles. The highest BCUT2D eigenvalue weighted by Gasteiger charge is 2.35. The van der Waals surface area contributed by atoms with Gasteiger partial charge >= 0.3 is 5.97 Å². The lowest BCUT2D eigenvalue weighted by Gasteiger charge is -2.13. The van der Waals surface area contributed by atoms with Crippen LogP contribution >= 0.6 is 0 Å². The van der Waals surface area contributed by atoms with Gasteiger partial charge in [-0.25, -0.2) is 0 Å². The SMILES string of the molecule is CCC(CC)C(=O)Nc1ccc(C(=O)Nc2ccc3c(c2)C(=O)N(CCC(=O)O)C3=O)cc1. The first-order valence-electron chi connectivity index (χ1n) is 10.7. The highest BCUT2D eigenvalue weighted by Crippen LogP contribution is 2.26. The highest BCUT2D eigenvalue weighted by atomic mass is 16.4. The van der Waals surface area contributed by atoms with E-state index in [1.165, 1.54) is 18.2 Å². The average molecular weight is 451 g/mol. The summed E-state index contributed by atoms with van der Waals surface area (Å²) in [6.45, 7) is 3.69. The van der Waals surface area contributed by atoms with Gasteiger partial charge in [0, 0.05) is 29.4 Å². The second kappa shape index (κ2) is 10.1. The minimum atomic E-state index is -1.11. The first kappa shape index (κ1) is 23.6. The van der Waals surface area contributed by atoms with Crippen molar-refractivity contribution in [2.24, 2.45) is 5.92 Å². The molecule has 33 heavy (non-hydrogen) atoms. The molecule has 4 amide bonds. The monoisotopic (exact) mass is 451 g/mol. The number of aliphatic carboxylic acids is 1. The molecule has 0 radical (unpaired) electrons. The molecular weight excluding hydrogens is 426 g/mol. The van der Waals surface area contributed by atoms with Crippen LogP contribution in [0.3, 0.4) is 0 Å². The Bertz CT molecular complexity index is 1110. The molecule has 3 N–H and O–H groups in total. The number of hydrogen-bond acceptors (Lipinski definition) is 5. The summed E-state index contributed by atoms with van der Waals surface area (Å²) >= 11 is 0. The zero-order valence-corrected chi connectivity index (χ0v) is 18.4. The topological polar surface area (TPSA) is 133 Å². The summed E-state index contributed by atoms with van der Waals surface area (Å²) in [5.41, 5.74) is 1.54. The number of fused-ring (bicyclic) bond motifs is 1. The molecule has 2 aromatic rings. The number of benzene rings is 2. The lowest BCUT2D eigenvalue weighted by Crippen LogP contribution is -2.31. The van der Waals surface area contributed by atoms with E-state index < -0.39 is 23.7 Å². The molecule has 0 aromatic heterocycles. The van der Waals surface area contributed by atoms with E-state index in [9.17, 15) is 24.0 Å². The average Bonchev–Trinajstić information content (AvgIpc) is 3.02. The maximum atomic E-state index is 12.6. The number of carbonyl (C=O) groups is 5. The van der Waals surface area contributed by atoms with Gasteiger partial charge in [0.25, 0.3) is 17.7 Å². The molecule has 1 aliphatic rings. The first-order chi connectivity index (χ1) is 15.7. The number of carboxylic acid groups (broad SMARTS) is 1. The number of nitrogens with one attached hydrogen (secondary N) is 2. The van der Waals surface area contributed by atoms with Crippen LogP contribution in [0.2, 0.25) is 0 Å². The molecule has 0 bridgehead atoms. The Morgan fingerprint density at radius 3 is 2.09 bits per heavy atom. The summed E-state index contributed by atoms with van der Waals surface area (Å²) in [6, 6.07) is 10.8. The fourth-order valence-electron chi connectivity index (χ4n) is 3.59. The Morgan fingerprint density at radius 1 is 0.879 bits per heavy atom. The summed E-state index contributed by atoms with van der Waals surface area (Å²) in [5, 5.41) is 14.3. The standard InChI is InChI=1S/C24H25N3O6/c1-3-14(4-2)21(30)25-16-7-5-15(6-8-16)22(31)26-17-9-10-18-19(13-17)24(33)27(23(18)32)12-11-20(28)29/h5-10,13-14H,3-4,11-12H2,1-2H3,(H,25,30)(H,26,31)(H,28,29). The number of rotatable bonds is 9. The number of nitrogens with zero attached hydrogens (tertiary/aromatic N) is 1. The first-order valence-corrected chi connectivity index (χ1v) is 10.7. The van der Waals surface area contributed by atoms with Gasteiger partial charge in [-0.3, -0.25) is 28.9 Å². The quantitative estimate of drug-likeness (QED) is 0.501. The number of carbonyl (C=O) groups excluding carboxylic acids is 4. The number of anilines is 2. The normalized spacial score (nSPS) is 12.6. The van der Waals surface area contributed by atoms with Gasteiger partial charge in [-0.05, 0) is 55.3 Å². The van der Waals surface area contributed by atoms with E-state index in [1.807, 2.05) is 13.8 Å². The van der Waals surface area contributed by atoms with Crippen molar-refractivity contribution in [2.75, 3.05) is 17.2 Å². The molecule has 3 rings (SSSR count). The van der Waals surface area contributed by atoms with Crippen LogP contribution in [0.4, 0.5) is 11.4 Å². The van der Waals surface area contributed by atoms with Crippen LogP contribution in [-0.4, -0.2) is 46.1 Å². The van der Waals surface area contributed by atoms with Gasteiger partial charge in [-0.1, -0.05) is 13.8 Å². The molecule has 2 aromatic carbocycles. The molecule has 172 valence electrons. The summed E-state index contributed by atoms with van der Waals surface area (Å²) < 4.78 is 0. The summed E-state index contributed by atoms with van der Waals surface area (Å²) in [4.78, 5) is 61.3. The Labute approximate surface area is 190 Å². The fraction of sp³-hybridized carbons (Fsp3) is 0.292.